The van der Waals surface area contributed by atoms with Crippen molar-refractivity contribution in [1.29, 1.82) is 0 Å². The minimum Gasteiger partial charge on any atom is -0.396 e. The fourth-order valence-electron chi connectivity index (χ4n) is 0.581. The van der Waals surface area contributed by atoms with Crippen molar-refractivity contribution in [3.05, 3.63) is 0 Å². The summed E-state index contributed by atoms with van der Waals surface area (Å²) in [6.07, 6.45) is 0. The van der Waals surface area contributed by atoms with Crippen molar-refractivity contribution in [2.45, 2.75) is 12.2 Å². The van der Waals surface area contributed by atoms with Crippen molar-refractivity contribution in [1.82, 2.24) is 10.6 Å². The van der Waals surface area contributed by atoms with Gasteiger partial charge in [-0.1, -0.05) is 0 Å². The molecule has 0 aromatic heterocycles. The molecular weight excluding hydrogens is 192 g/mol. The van der Waals surface area contributed by atoms with Crippen molar-refractivity contribution in [2.75, 3.05) is 19.4 Å². The number of amides is 3. The van der Waals surface area contributed by atoms with Gasteiger partial charge in [-0.3, -0.25) is 10.1 Å². The van der Waals surface area contributed by atoms with Gasteiger partial charge in [0.2, 0.25) is 5.91 Å². The molecule has 0 radical (unpaired) electrons. The predicted molar refractivity (Wildman–Crippen MR) is 51.6 cm³/mol. The first-order valence-corrected chi connectivity index (χ1v) is 4.91. The summed E-state index contributed by atoms with van der Waals surface area (Å²) >= 11 is 1.29. The first-order valence-electron chi connectivity index (χ1n) is 3.86. The van der Waals surface area contributed by atoms with Gasteiger partial charge in [-0.05, 0) is 6.92 Å². The Hall–Kier alpha value is -0.750. The zero-order valence-electron chi connectivity index (χ0n) is 7.66. The number of imide groups is 1. The van der Waals surface area contributed by atoms with Gasteiger partial charge >= 0.3 is 6.03 Å². The third kappa shape index (κ3) is 5.48. The number of nitrogens with one attached hydrogen (secondary N) is 2. The highest BCUT2D eigenvalue weighted by Crippen LogP contribution is 2.08. The van der Waals surface area contributed by atoms with E-state index in [1.165, 1.54) is 18.8 Å². The van der Waals surface area contributed by atoms with E-state index in [9.17, 15) is 9.59 Å². The lowest BCUT2D eigenvalue weighted by atomic mass is 10.4. The SMILES string of the molecule is CNC(=O)NC(=O)[C@H](C)SCCO. The van der Waals surface area contributed by atoms with Crippen molar-refractivity contribution in [2.24, 2.45) is 0 Å². The number of carbonyl (C=O) groups is 2. The molecule has 0 fully saturated rings. The van der Waals surface area contributed by atoms with Gasteiger partial charge in [-0.25, -0.2) is 4.79 Å². The van der Waals surface area contributed by atoms with Crippen LogP contribution in [0.25, 0.3) is 0 Å². The molecule has 6 heteroatoms. The molecule has 0 aromatic carbocycles. The maximum Gasteiger partial charge on any atom is 0.321 e. The largest absolute Gasteiger partial charge is 0.396 e. The predicted octanol–water partition coefficient (Wildman–Crippen LogP) is -0.444. The highest BCUT2D eigenvalue weighted by Gasteiger charge is 2.14. The van der Waals surface area contributed by atoms with E-state index in [4.69, 9.17) is 5.11 Å². The molecular formula is C7H14N2O3S. The lowest BCUT2D eigenvalue weighted by molar-refractivity contribution is -0.119. The molecule has 0 bridgehead atoms. The maximum absolute atomic E-state index is 11.1. The molecule has 0 unspecified atom stereocenters. The fourth-order valence-corrected chi connectivity index (χ4v) is 1.25. The van der Waals surface area contributed by atoms with E-state index in [0.717, 1.165) is 0 Å². The molecule has 0 aliphatic heterocycles. The topological polar surface area (TPSA) is 78.4 Å². The van der Waals surface area contributed by atoms with Gasteiger partial charge < -0.3 is 10.4 Å². The van der Waals surface area contributed by atoms with E-state index < -0.39 is 6.03 Å². The summed E-state index contributed by atoms with van der Waals surface area (Å²) in [7, 11) is 1.44. The number of rotatable bonds is 4. The standard InChI is InChI=1S/C7H14N2O3S/c1-5(13-4-3-10)6(11)9-7(12)8-2/h5,10H,3-4H2,1-2H3,(H2,8,9,11,12)/t5-/m0/s1. The van der Waals surface area contributed by atoms with Crippen molar-refractivity contribution in [3.8, 4) is 0 Å². The summed E-state index contributed by atoms with van der Waals surface area (Å²) in [6.45, 7) is 1.71. The summed E-state index contributed by atoms with van der Waals surface area (Å²) in [5, 5.41) is 12.6. The van der Waals surface area contributed by atoms with E-state index in [-0.39, 0.29) is 17.8 Å². The van der Waals surface area contributed by atoms with Crippen LogP contribution in [0.15, 0.2) is 0 Å². The van der Waals surface area contributed by atoms with E-state index in [0.29, 0.717) is 5.75 Å². The molecule has 3 N–H and O–H groups in total. The molecule has 0 aromatic rings. The minimum absolute atomic E-state index is 0.0300. The summed E-state index contributed by atoms with van der Waals surface area (Å²) in [4.78, 5) is 21.8. The Morgan fingerprint density at radius 3 is 2.62 bits per heavy atom. The second-order valence-corrected chi connectivity index (χ2v) is 3.75. The van der Waals surface area contributed by atoms with Crippen LogP contribution in [0.3, 0.4) is 0 Å². The first-order chi connectivity index (χ1) is 6.11. The highest BCUT2D eigenvalue weighted by molar-refractivity contribution is 8.00. The van der Waals surface area contributed by atoms with Crippen LogP contribution in [0, 0.1) is 0 Å². The molecule has 0 aliphatic rings. The third-order valence-electron chi connectivity index (χ3n) is 1.29. The molecule has 1 atom stereocenters. The number of aliphatic hydroxyl groups is 1. The number of hydrogen-bond donors (Lipinski definition) is 3. The van der Waals surface area contributed by atoms with Crippen LogP contribution in [-0.2, 0) is 4.79 Å². The number of thioether (sulfide) groups is 1. The Labute approximate surface area is 81.3 Å². The molecule has 13 heavy (non-hydrogen) atoms. The average molecular weight is 206 g/mol. The molecule has 0 heterocycles. The maximum atomic E-state index is 11.1. The Morgan fingerprint density at radius 1 is 1.54 bits per heavy atom. The van der Waals surface area contributed by atoms with Crippen molar-refractivity contribution < 1.29 is 14.7 Å². The third-order valence-corrected chi connectivity index (χ3v) is 2.42. The zero-order chi connectivity index (χ0) is 10.3. The number of hydrogen-bond acceptors (Lipinski definition) is 4. The van der Waals surface area contributed by atoms with Crippen molar-refractivity contribution in [3.63, 3.8) is 0 Å². The second kappa shape index (κ2) is 6.73. The summed E-state index contributed by atoms with van der Waals surface area (Å²) in [5.41, 5.74) is 0. The number of carbonyl (C=O) groups excluding carboxylic acids is 2. The number of aliphatic hydroxyl groups excluding tert-OH is 1. The lowest BCUT2D eigenvalue weighted by Crippen LogP contribution is -2.41. The van der Waals surface area contributed by atoms with E-state index in [1.54, 1.807) is 6.92 Å². The second-order valence-electron chi connectivity index (χ2n) is 2.31. The van der Waals surface area contributed by atoms with Crippen molar-refractivity contribution >= 4 is 23.7 Å². The van der Waals surface area contributed by atoms with Gasteiger partial charge in [0.25, 0.3) is 0 Å². The van der Waals surface area contributed by atoms with Gasteiger partial charge in [-0.2, -0.15) is 0 Å². The Bertz CT molecular complexity index is 187. The Morgan fingerprint density at radius 2 is 2.15 bits per heavy atom. The van der Waals surface area contributed by atoms with Crippen LogP contribution in [0.5, 0.6) is 0 Å². The van der Waals surface area contributed by atoms with Gasteiger partial charge in [-0.15, -0.1) is 11.8 Å². The summed E-state index contributed by atoms with van der Waals surface area (Å²) in [5.74, 6) is 0.139. The van der Waals surface area contributed by atoms with E-state index >= 15 is 0 Å². The van der Waals surface area contributed by atoms with Crippen LogP contribution in [-0.4, -0.2) is 41.7 Å². The average Bonchev–Trinajstić information content (AvgIpc) is 2.13. The minimum atomic E-state index is -0.513. The van der Waals surface area contributed by atoms with E-state index in [2.05, 4.69) is 10.6 Å². The number of urea groups is 1. The fraction of sp³-hybridized carbons (Fsp3) is 0.714. The van der Waals surface area contributed by atoms with Gasteiger partial charge in [0.15, 0.2) is 0 Å². The zero-order valence-corrected chi connectivity index (χ0v) is 8.48. The molecule has 0 rings (SSSR count). The summed E-state index contributed by atoms with van der Waals surface area (Å²) < 4.78 is 0. The quantitative estimate of drug-likeness (QED) is 0.582. The molecule has 0 aliphatic carbocycles. The Kier molecular flexibility index (Phi) is 6.34. The first kappa shape index (κ1) is 12.2. The molecule has 0 saturated carbocycles. The van der Waals surface area contributed by atoms with Crippen LogP contribution in [0.4, 0.5) is 4.79 Å². The summed E-state index contributed by atoms with van der Waals surface area (Å²) in [6, 6.07) is -0.513. The highest BCUT2D eigenvalue weighted by atomic mass is 32.2. The van der Waals surface area contributed by atoms with Crippen LogP contribution >= 0.6 is 11.8 Å². The molecule has 0 spiro atoms. The lowest BCUT2D eigenvalue weighted by Gasteiger charge is -2.09. The van der Waals surface area contributed by atoms with Crippen LogP contribution in [0.1, 0.15) is 6.92 Å². The molecule has 3 amide bonds. The molecule has 5 nitrogen and oxygen atoms in total. The van der Waals surface area contributed by atoms with E-state index in [1.807, 2.05) is 0 Å². The van der Waals surface area contributed by atoms with Gasteiger partial charge in [0.1, 0.15) is 0 Å². The van der Waals surface area contributed by atoms with Gasteiger partial charge in [0, 0.05) is 12.8 Å². The molecule has 76 valence electrons. The Balaban J connectivity index is 3.75. The normalized spacial score (nSPS) is 11.9. The van der Waals surface area contributed by atoms with Crippen LogP contribution in [0.2, 0.25) is 0 Å². The smallest absolute Gasteiger partial charge is 0.321 e. The monoisotopic (exact) mass is 206 g/mol. The van der Waals surface area contributed by atoms with Crippen LogP contribution < -0.4 is 10.6 Å². The molecule has 0 saturated heterocycles. The van der Waals surface area contributed by atoms with Gasteiger partial charge in [0.05, 0.1) is 11.9 Å².